The minimum Gasteiger partial charge on any atom is -0.290 e. The number of sulfonamides is 1. The van der Waals surface area contributed by atoms with Crippen molar-refractivity contribution in [3.05, 3.63) is 66.0 Å². The summed E-state index contributed by atoms with van der Waals surface area (Å²) < 4.78 is 39.6. The summed E-state index contributed by atoms with van der Waals surface area (Å²) >= 11 is 0. The zero-order chi connectivity index (χ0) is 16.0. The normalized spacial score (nSPS) is 12.1. The van der Waals surface area contributed by atoms with E-state index in [-0.39, 0.29) is 5.96 Å². The van der Waals surface area contributed by atoms with Crippen LogP contribution < -0.4 is 15.4 Å². The fourth-order valence-corrected chi connectivity index (χ4v) is 2.94. The van der Waals surface area contributed by atoms with Gasteiger partial charge in [-0.05, 0) is 17.7 Å². The van der Waals surface area contributed by atoms with Crippen molar-refractivity contribution < 1.29 is 17.8 Å². The Balaban J connectivity index is 2.00. The van der Waals surface area contributed by atoms with Crippen LogP contribution in [-0.4, -0.2) is 20.9 Å². The Morgan fingerprint density at radius 2 is 1.73 bits per heavy atom. The molecule has 0 bridgehead atoms. The Hall–Kier alpha value is -2.41. The van der Waals surface area contributed by atoms with Crippen molar-refractivity contribution >= 4 is 16.0 Å². The molecule has 0 aliphatic carbocycles. The van der Waals surface area contributed by atoms with Gasteiger partial charge >= 0.3 is 16.0 Å². The summed E-state index contributed by atoms with van der Waals surface area (Å²) in [6.45, 7) is 0.454. The number of guanidine groups is 1. The minimum absolute atomic E-state index is 0.140. The molecule has 0 aliphatic heterocycles. The Labute approximate surface area is 128 Å². The van der Waals surface area contributed by atoms with E-state index in [9.17, 15) is 12.8 Å². The van der Waals surface area contributed by atoms with E-state index in [1.165, 1.54) is 18.2 Å². The van der Waals surface area contributed by atoms with E-state index in [0.29, 0.717) is 13.0 Å². The van der Waals surface area contributed by atoms with Crippen molar-refractivity contribution in [3.8, 4) is 0 Å². The maximum Gasteiger partial charge on any atom is 0.356 e. The van der Waals surface area contributed by atoms with Gasteiger partial charge in [-0.25, -0.2) is 4.39 Å². The van der Waals surface area contributed by atoms with Crippen LogP contribution in [0.25, 0.3) is 0 Å². The highest BCUT2D eigenvalue weighted by molar-refractivity contribution is 7.90. The van der Waals surface area contributed by atoms with E-state index in [4.69, 9.17) is 5.73 Å². The predicted molar refractivity (Wildman–Crippen MR) is 81.9 cm³/mol. The molecule has 5 nitrogen and oxygen atoms in total. The van der Waals surface area contributed by atoms with Crippen LogP contribution in [0.5, 0.6) is 0 Å². The molecule has 0 unspecified atom stereocenters. The molecule has 0 aromatic heterocycles. The van der Waals surface area contributed by atoms with Gasteiger partial charge in [-0.15, -0.1) is 0 Å². The van der Waals surface area contributed by atoms with Crippen molar-refractivity contribution in [2.24, 2.45) is 5.73 Å². The van der Waals surface area contributed by atoms with E-state index in [0.717, 1.165) is 11.6 Å². The lowest BCUT2D eigenvalue weighted by Crippen LogP contribution is -2.79. The molecule has 22 heavy (non-hydrogen) atoms. The van der Waals surface area contributed by atoms with Crippen molar-refractivity contribution in [1.82, 2.24) is 4.72 Å². The first-order valence-corrected chi connectivity index (χ1v) is 8.15. The summed E-state index contributed by atoms with van der Waals surface area (Å²) in [4.78, 5) is 2.32. The molecule has 0 amide bonds. The Morgan fingerprint density at radius 3 is 2.41 bits per heavy atom. The monoisotopic (exact) mass is 322 g/mol. The number of rotatable bonds is 5. The van der Waals surface area contributed by atoms with Gasteiger partial charge in [0.05, 0.1) is 6.54 Å². The average molecular weight is 322 g/mol. The first-order valence-electron chi connectivity index (χ1n) is 6.66. The molecule has 4 N–H and O–H groups in total. The molecule has 0 heterocycles. The third-order valence-electron chi connectivity index (χ3n) is 2.94. The van der Waals surface area contributed by atoms with Crippen molar-refractivity contribution in [2.75, 3.05) is 6.54 Å². The van der Waals surface area contributed by atoms with Crippen LogP contribution in [0.4, 0.5) is 4.39 Å². The summed E-state index contributed by atoms with van der Waals surface area (Å²) in [6, 6.07) is 14.8. The molecule has 0 spiro atoms. The van der Waals surface area contributed by atoms with Crippen LogP contribution in [0.3, 0.4) is 0 Å². The number of nitrogens with two attached hydrogens (primary N) is 1. The van der Waals surface area contributed by atoms with Gasteiger partial charge in [0.1, 0.15) is 10.7 Å². The second kappa shape index (κ2) is 7.04. The summed E-state index contributed by atoms with van der Waals surface area (Å²) in [5, 5.41) is 0. The molecule has 2 aromatic rings. The fourth-order valence-electron chi connectivity index (χ4n) is 1.88. The molecular weight excluding hydrogens is 305 g/mol. The van der Waals surface area contributed by atoms with Crippen molar-refractivity contribution in [2.45, 2.75) is 11.3 Å². The summed E-state index contributed by atoms with van der Waals surface area (Å²) in [5.41, 5.74) is 6.70. The maximum absolute atomic E-state index is 13.5. The molecule has 0 saturated carbocycles. The molecule has 0 fully saturated rings. The largest absolute Gasteiger partial charge is 0.356 e. The molecular formula is C15H17FN3O2S+. The second-order valence-corrected chi connectivity index (χ2v) is 6.26. The van der Waals surface area contributed by atoms with E-state index in [1.807, 2.05) is 30.3 Å². The van der Waals surface area contributed by atoms with E-state index in [1.54, 1.807) is 0 Å². The number of hydrogen-bond acceptors (Lipinski definition) is 2. The van der Waals surface area contributed by atoms with Crippen LogP contribution in [0.15, 0.2) is 59.5 Å². The van der Waals surface area contributed by atoms with Gasteiger partial charge in [-0.1, -0.05) is 42.5 Å². The zero-order valence-corrected chi connectivity index (χ0v) is 12.6. The van der Waals surface area contributed by atoms with Gasteiger partial charge < -0.3 is 0 Å². The number of halogens is 1. The fraction of sp³-hybridized carbons (Fsp3) is 0.133. The van der Waals surface area contributed by atoms with Crippen molar-refractivity contribution in [1.29, 1.82) is 0 Å². The lowest BCUT2D eigenvalue weighted by atomic mass is 10.2. The highest BCUT2D eigenvalue weighted by Gasteiger charge is 2.22. The third kappa shape index (κ3) is 4.29. The van der Waals surface area contributed by atoms with Crippen LogP contribution in [-0.2, 0) is 16.4 Å². The van der Waals surface area contributed by atoms with Gasteiger partial charge in [-0.2, -0.15) is 13.1 Å². The molecule has 0 saturated heterocycles. The molecule has 2 rings (SSSR count). The molecule has 116 valence electrons. The molecule has 2 aromatic carbocycles. The highest BCUT2D eigenvalue weighted by Crippen LogP contribution is 2.12. The zero-order valence-electron chi connectivity index (χ0n) is 11.8. The minimum atomic E-state index is -4.03. The topological polar surface area (TPSA) is 86.2 Å². The van der Waals surface area contributed by atoms with E-state index < -0.39 is 20.7 Å². The standard InChI is InChI=1S/C15H16FN3O2S/c16-13-8-4-5-9-14(13)22(20,21)19-15(17)18-11-10-12-6-2-1-3-7-12/h1-9H,10-11H2,(H3,17,18,19)/p+1. The molecule has 7 heteroatoms. The quantitative estimate of drug-likeness (QED) is 0.524. The van der Waals surface area contributed by atoms with Crippen molar-refractivity contribution in [3.63, 3.8) is 0 Å². The van der Waals surface area contributed by atoms with Crippen LogP contribution in [0.1, 0.15) is 5.56 Å². The van der Waals surface area contributed by atoms with Gasteiger partial charge in [-0.3, -0.25) is 10.7 Å². The molecule has 0 radical (unpaired) electrons. The van der Waals surface area contributed by atoms with Gasteiger partial charge in [0.25, 0.3) is 0 Å². The number of nitrogens with one attached hydrogen (secondary N) is 2. The van der Waals surface area contributed by atoms with Gasteiger partial charge in [0.15, 0.2) is 0 Å². The third-order valence-corrected chi connectivity index (χ3v) is 4.34. The van der Waals surface area contributed by atoms with Gasteiger partial charge in [0, 0.05) is 6.42 Å². The summed E-state index contributed by atoms with van der Waals surface area (Å²) in [6.07, 6.45) is 0.683. The predicted octanol–water partition coefficient (Wildman–Crippen LogP) is -0.258. The van der Waals surface area contributed by atoms with Crippen LogP contribution in [0.2, 0.25) is 0 Å². The SMILES string of the molecule is NC(NS(=O)(=O)c1ccccc1F)=[NH+]CCc1ccccc1. The van der Waals surface area contributed by atoms with E-state index in [2.05, 4.69) is 9.71 Å². The van der Waals surface area contributed by atoms with Crippen LogP contribution >= 0.6 is 0 Å². The Kier molecular flexibility index (Phi) is 5.11. The molecule has 0 atom stereocenters. The highest BCUT2D eigenvalue weighted by atomic mass is 32.2. The first kappa shape index (κ1) is 16.0. The smallest absolute Gasteiger partial charge is 0.290 e. The number of hydrogen-bond donors (Lipinski definition) is 3. The van der Waals surface area contributed by atoms with Crippen LogP contribution in [0, 0.1) is 5.82 Å². The van der Waals surface area contributed by atoms with Gasteiger partial charge in [0.2, 0.25) is 0 Å². The van der Waals surface area contributed by atoms with E-state index >= 15 is 0 Å². The number of benzene rings is 2. The Morgan fingerprint density at radius 1 is 1.09 bits per heavy atom. The first-order chi connectivity index (χ1) is 10.5. The average Bonchev–Trinajstić information content (AvgIpc) is 2.48. The lowest BCUT2D eigenvalue weighted by molar-refractivity contribution is -0.459. The summed E-state index contributed by atoms with van der Waals surface area (Å²) in [5.74, 6) is -0.966. The molecule has 0 aliphatic rings. The lowest BCUT2D eigenvalue weighted by Gasteiger charge is -2.03. The summed E-state index contributed by atoms with van der Waals surface area (Å²) in [7, 11) is -4.03. The maximum atomic E-state index is 13.5. The second-order valence-electron chi connectivity index (χ2n) is 4.61. The Bertz CT molecular complexity index is 761.